The topological polar surface area (TPSA) is 18.5 Å². The number of methoxy groups -OCH3 is 2. The lowest BCUT2D eigenvalue weighted by atomic mass is 10.1. The van der Waals surface area contributed by atoms with Crippen molar-refractivity contribution in [1.29, 1.82) is 0 Å². The van der Waals surface area contributed by atoms with E-state index in [4.69, 9.17) is 9.47 Å². The molecule has 1 saturated carbocycles. The molecule has 0 bridgehead atoms. The number of benzene rings is 1. The summed E-state index contributed by atoms with van der Waals surface area (Å²) in [6.45, 7) is 0. The average Bonchev–Trinajstić information content (AvgIpc) is 2.92. The van der Waals surface area contributed by atoms with Crippen molar-refractivity contribution in [2.45, 2.75) is 18.1 Å². The third-order valence-corrected chi connectivity index (χ3v) is 2.62. The molecule has 1 fully saturated rings. The summed E-state index contributed by atoms with van der Waals surface area (Å²) in [6, 6.07) is 10.4. The van der Waals surface area contributed by atoms with Crippen molar-refractivity contribution < 1.29 is 9.47 Å². The Morgan fingerprint density at radius 2 is 1.46 bits per heavy atom. The maximum absolute atomic E-state index is 5.31. The van der Waals surface area contributed by atoms with Gasteiger partial charge in [-0.1, -0.05) is 30.3 Å². The number of rotatable bonds is 3. The fourth-order valence-electron chi connectivity index (χ4n) is 1.87. The summed E-state index contributed by atoms with van der Waals surface area (Å²) in [4.78, 5) is 0. The van der Waals surface area contributed by atoms with Gasteiger partial charge in [0.1, 0.15) is 0 Å². The first-order valence-corrected chi connectivity index (χ1v) is 4.49. The summed E-state index contributed by atoms with van der Waals surface area (Å²) in [5.41, 5.74) is 1.31. The van der Waals surface area contributed by atoms with Crippen LogP contribution in [-0.4, -0.2) is 26.4 Å². The highest BCUT2D eigenvalue weighted by atomic mass is 16.5. The third kappa shape index (κ3) is 1.47. The molecule has 2 nitrogen and oxygen atoms in total. The minimum atomic E-state index is 0.243. The third-order valence-electron chi connectivity index (χ3n) is 2.62. The van der Waals surface area contributed by atoms with Crippen LogP contribution in [0, 0.1) is 0 Å². The van der Waals surface area contributed by atoms with E-state index >= 15 is 0 Å². The molecule has 1 aliphatic carbocycles. The molecule has 13 heavy (non-hydrogen) atoms. The van der Waals surface area contributed by atoms with E-state index in [1.165, 1.54) is 5.56 Å². The summed E-state index contributed by atoms with van der Waals surface area (Å²) in [5.74, 6) is 0.427. The van der Waals surface area contributed by atoms with Crippen LogP contribution in [0.1, 0.15) is 11.5 Å². The first-order chi connectivity index (χ1) is 6.38. The van der Waals surface area contributed by atoms with Crippen molar-refractivity contribution in [3.05, 3.63) is 35.9 Å². The minimum Gasteiger partial charge on any atom is -0.378 e. The second-order valence-corrected chi connectivity index (χ2v) is 3.34. The summed E-state index contributed by atoms with van der Waals surface area (Å²) in [5, 5.41) is 0. The summed E-state index contributed by atoms with van der Waals surface area (Å²) in [7, 11) is 3.47. The Balaban J connectivity index is 2.12. The molecular formula is C11H14O2. The van der Waals surface area contributed by atoms with Gasteiger partial charge in [-0.3, -0.25) is 0 Å². The van der Waals surface area contributed by atoms with Gasteiger partial charge in [0.05, 0.1) is 12.2 Å². The predicted octanol–water partition coefficient (Wildman–Crippen LogP) is 1.81. The van der Waals surface area contributed by atoms with Gasteiger partial charge < -0.3 is 9.47 Å². The van der Waals surface area contributed by atoms with E-state index < -0.39 is 0 Å². The van der Waals surface area contributed by atoms with Crippen molar-refractivity contribution >= 4 is 0 Å². The Labute approximate surface area is 78.5 Å². The van der Waals surface area contributed by atoms with Gasteiger partial charge in [0.2, 0.25) is 0 Å². The normalized spacial score (nSPS) is 31.7. The lowest BCUT2D eigenvalue weighted by molar-refractivity contribution is 0.0972. The molecule has 1 aromatic carbocycles. The molecule has 2 unspecified atom stereocenters. The number of hydrogen-bond acceptors (Lipinski definition) is 2. The second-order valence-electron chi connectivity index (χ2n) is 3.34. The minimum absolute atomic E-state index is 0.243. The van der Waals surface area contributed by atoms with Gasteiger partial charge in [-0.2, -0.15) is 0 Å². The largest absolute Gasteiger partial charge is 0.378 e. The van der Waals surface area contributed by atoms with Crippen LogP contribution in [-0.2, 0) is 9.47 Å². The van der Waals surface area contributed by atoms with Gasteiger partial charge in [0.15, 0.2) is 0 Å². The van der Waals surface area contributed by atoms with Gasteiger partial charge in [0.25, 0.3) is 0 Å². The monoisotopic (exact) mass is 178 g/mol. The molecule has 0 N–H and O–H groups in total. The van der Waals surface area contributed by atoms with Crippen molar-refractivity contribution in [3.63, 3.8) is 0 Å². The molecule has 1 aromatic rings. The summed E-state index contributed by atoms with van der Waals surface area (Å²) in [6.07, 6.45) is 0.486. The molecule has 0 spiro atoms. The van der Waals surface area contributed by atoms with E-state index in [0.29, 0.717) is 5.92 Å². The number of ether oxygens (including phenoxy) is 2. The Morgan fingerprint density at radius 1 is 0.923 bits per heavy atom. The molecule has 0 aromatic heterocycles. The molecule has 70 valence electrons. The van der Waals surface area contributed by atoms with Gasteiger partial charge in [-0.15, -0.1) is 0 Å². The summed E-state index contributed by atoms with van der Waals surface area (Å²) < 4.78 is 10.6. The van der Waals surface area contributed by atoms with Gasteiger partial charge in [-0.25, -0.2) is 0 Å². The van der Waals surface area contributed by atoms with Crippen LogP contribution in [0.25, 0.3) is 0 Å². The quantitative estimate of drug-likeness (QED) is 0.702. The van der Waals surface area contributed by atoms with E-state index in [9.17, 15) is 0 Å². The van der Waals surface area contributed by atoms with Gasteiger partial charge in [0, 0.05) is 20.1 Å². The van der Waals surface area contributed by atoms with E-state index in [-0.39, 0.29) is 12.2 Å². The van der Waals surface area contributed by atoms with Crippen LogP contribution < -0.4 is 0 Å². The fourth-order valence-corrected chi connectivity index (χ4v) is 1.87. The first-order valence-electron chi connectivity index (χ1n) is 4.49. The van der Waals surface area contributed by atoms with E-state index in [1.54, 1.807) is 14.2 Å². The van der Waals surface area contributed by atoms with Crippen molar-refractivity contribution in [1.82, 2.24) is 0 Å². The summed E-state index contributed by atoms with van der Waals surface area (Å²) >= 11 is 0. The molecular weight excluding hydrogens is 164 g/mol. The molecule has 0 saturated heterocycles. The smallest absolute Gasteiger partial charge is 0.0934 e. The molecule has 0 amide bonds. The highest BCUT2D eigenvalue weighted by Crippen LogP contribution is 2.45. The average molecular weight is 178 g/mol. The zero-order valence-electron chi connectivity index (χ0n) is 7.94. The number of hydrogen-bond donors (Lipinski definition) is 0. The molecule has 0 radical (unpaired) electrons. The van der Waals surface area contributed by atoms with Crippen LogP contribution in [0.2, 0.25) is 0 Å². The van der Waals surface area contributed by atoms with E-state index in [0.717, 1.165) is 0 Å². The highest BCUT2D eigenvalue weighted by molar-refractivity contribution is 5.30. The lowest BCUT2D eigenvalue weighted by Gasteiger charge is -1.96. The second kappa shape index (κ2) is 3.48. The Hall–Kier alpha value is -0.860. The highest BCUT2D eigenvalue weighted by Gasteiger charge is 2.52. The van der Waals surface area contributed by atoms with E-state index in [1.807, 2.05) is 18.2 Å². The van der Waals surface area contributed by atoms with Gasteiger partial charge >= 0.3 is 0 Å². The zero-order valence-corrected chi connectivity index (χ0v) is 7.94. The van der Waals surface area contributed by atoms with Gasteiger partial charge in [-0.05, 0) is 5.56 Å². The molecule has 0 aliphatic heterocycles. The maximum atomic E-state index is 5.31. The van der Waals surface area contributed by atoms with E-state index in [2.05, 4.69) is 12.1 Å². The molecule has 2 rings (SSSR count). The van der Waals surface area contributed by atoms with Crippen LogP contribution in [0.5, 0.6) is 0 Å². The lowest BCUT2D eigenvalue weighted by Crippen LogP contribution is -1.96. The molecule has 1 aliphatic rings. The Kier molecular flexibility index (Phi) is 2.34. The fraction of sp³-hybridized carbons (Fsp3) is 0.455. The van der Waals surface area contributed by atoms with Crippen molar-refractivity contribution in [3.8, 4) is 0 Å². The molecule has 0 heterocycles. The molecule has 2 atom stereocenters. The zero-order chi connectivity index (χ0) is 9.26. The molecule has 2 heteroatoms. The van der Waals surface area contributed by atoms with Crippen molar-refractivity contribution in [2.24, 2.45) is 0 Å². The Morgan fingerprint density at radius 3 is 1.92 bits per heavy atom. The standard InChI is InChI=1S/C11H14O2/c1-12-10-9(11(10)13-2)8-6-4-3-5-7-8/h3-7,9-11H,1-2H3. The SMILES string of the molecule is COC1C(OC)C1c1ccccc1. The van der Waals surface area contributed by atoms with Crippen LogP contribution >= 0.6 is 0 Å². The van der Waals surface area contributed by atoms with Crippen LogP contribution in [0.4, 0.5) is 0 Å². The maximum Gasteiger partial charge on any atom is 0.0934 e. The van der Waals surface area contributed by atoms with Crippen LogP contribution in [0.3, 0.4) is 0 Å². The predicted molar refractivity (Wildman–Crippen MR) is 50.8 cm³/mol. The Bertz CT molecular complexity index is 261. The van der Waals surface area contributed by atoms with Crippen molar-refractivity contribution in [2.75, 3.05) is 14.2 Å². The first kappa shape index (κ1) is 8.73. The van der Waals surface area contributed by atoms with Crippen LogP contribution in [0.15, 0.2) is 30.3 Å².